The third kappa shape index (κ3) is 3.37. The third-order valence-electron chi connectivity index (χ3n) is 6.93. The van der Waals surface area contributed by atoms with E-state index >= 15 is 0 Å². The Kier molecular flexibility index (Phi) is 4.74. The summed E-state index contributed by atoms with van der Waals surface area (Å²) >= 11 is 0. The zero-order chi connectivity index (χ0) is 18.9. The molecule has 1 aromatic heterocycles. The van der Waals surface area contributed by atoms with E-state index in [0.29, 0.717) is 11.6 Å². The minimum absolute atomic E-state index is 0.141. The third-order valence-corrected chi connectivity index (χ3v) is 6.93. The van der Waals surface area contributed by atoms with Crippen molar-refractivity contribution < 1.29 is 9.59 Å². The summed E-state index contributed by atoms with van der Waals surface area (Å²) in [5.74, 6) is 0.161. The van der Waals surface area contributed by atoms with E-state index in [-0.39, 0.29) is 22.8 Å². The molecule has 27 heavy (non-hydrogen) atoms. The molecule has 2 heterocycles. The van der Waals surface area contributed by atoms with Crippen LogP contribution in [0.4, 0.5) is 0 Å². The lowest BCUT2D eigenvalue weighted by atomic mass is 9.59. The van der Waals surface area contributed by atoms with Gasteiger partial charge in [-0.25, -0.2) is 4.98 Å². The highest BCUT2D eigenvalue weighted by Crippen LogP contribution is 2.50. The number of hydrogen-bond acceptors (Lipinski definition) is 4. The number of likely N-dealkylation sites (tertiary alicyclic amines) is 1. The van der Waals surface area contributed by atoms with Crippen molar-refractivity contribution in [3.8, 4) is 0 Å². The van der Waals surface area contributed by atoms with Crippen LogP contribution in [0.2, 0.25) is 0 Å². The summed E-state index contributed by atoms with van der Waals surface area (Å²) in [6.45, 7) is 3.71. The Morgan fingerprint density at radius 3 is 2.56 bits per heavy atom. The van der Waals surface area contributed by atoms with Crippen molar-refractivity contribution in [1.82, 2.24) is 20.2 Å². The molecule has 1 spiro atoms. The predicted octanol–water partition coefficient (Wildman–Crippen LogP) is 2.72. The zero-order valence-corrected chi connectivity index (χ0v) is 16.0. The highest BCUT2D eigenvalue weighted by atomic mass is 16.2. The Morgan fingerprint density at radius 1 is 1.15 bits per heavy atom. The normalized spacial score (nSPS) is 29.2. The van der Waals surface area contributed by atoms with E-state index < -0.39 is 0 Å². The van der Waals surface area contributed by atoms with Crippen LogP contribution in [0.25, 0.3) is 0 Å². The zero-order valence-electron chi connectivity index (χ0n) is 16.0. The van der Waals surface area contributed by atoms with E-state index in [2.05, 4.69) is 39.3 Å². The first-order valence-corrected chi connectivity index (χ1v) is 10.0. The lowest BCUT2D eigenvalue weighted by Gasteiger charge is -2.54. The van der Waals surface area contributed by atoms with Gasteiger partial charge in [-0.15, -0.1) is 0 Å². The summed E-state index contributed by atoms with van der Waals surface area (Å²) < 4.78 is 0. The van der Waals surface area contributed by atoms with Crippen LogP contribution in [-0.4, -0.2) is 45.8 Å². The van der Waals surface area contributed by atoms with Crippen molar-refractivity contribution >= 4 is 11.8 Å². The molecule has 2 fully saturated rings. The SMILES string of the molecule is CC1(C(=O)N2CCC3(CCC3NC(=O)c3cnccn3)CC2)CC=CCC1. The Morgan fingerprint density at radius 2 is 1.96 bits per heavy atom. The van der Waals surface area contributed by atoms with Crippen LogP contribution in [0.15, 0.2) is 30.7 Å². The van der Waals surface area contributed by atoms with Gasteiger partial charge in [-0.1, -0.05) is 19.1 Å². The van der Waals surface area contributed by atoms with Gasteiger partial charge in [0, 0.05) is 31.5 Å². The predicted molar refractivity (Wildman–Crippen MR) is 102 cm³/mol. The van der Waals surface area contributed by atoms with E-state index in [4.69, 9.17) is 0 Å². The second kappa shape index (κ2) is 7.06. The molecule has 1 N–H and O–H groups in total. The van der Waals surface area contributed by atoms with Gasteiger partial charge < -0.3 is 10.2 Å². The number of aromatic nitrogens is 2. The molecule has 3 aliphatic rings. The molecule has 1 saturated carbocycles. The highest BCUT2D eigenvalue weighted by molar-refractivity contribution is 5.92. The summed E-state index contributed by atoms with van der Waals surface area (Å²) in [4.78, 5) is 35.6. The van der Waals surface area contributed by atoms with Gasteiger partial charge in [-0.3, -0.25) is 14.6 Å². The van der Waals surface area contributed by atoms with Crippen LogP contribution >= 0.6 is 0 Å². The molecular weight excluding hydrogens is 340 g/mol. The first kappa shape index (κ1) is 18.1. The maximum Gasteiger partial charge on any atom is 0.271 e. The van der Waals surface area contributed by atoms with Gasteiger partial charge >= 0.3 is 0 Å². The van der Waals surface area contributed by atoms with Gasteiger partial charge in [0.15, 0.2) is 0 Å². The van der Waals surface area contributed by atoms with E-state index in [1.807, 2.05) is 0 Å². The van der Waals surface area contributed by atoms with Gasteiger partial charge in [0.25, 0.3) is 5.91 Å². The van der Waals surface area contributed by atoms with Crippen molar-refractivity contribution in [2.45, 2.75) is 57.9 Å². The average Bonchev–Trinajstić information content (AvgIpc) is 2.72. The number of piperidine rings is 1. The average molecular weight is 368 g/mol. The Bertz CT molecular complexity index is 740. The second-order valence-corrected chi connectivity index (χ2v) is 8.58. The molecule has 2 atom stereocenters. The Balaban J connectivity index is 1.35. The minimum atomic E-state index is -0.238. The molecule has 2 amide bonds. The number of nitrogens with one attached hydrogen (secondary N) is 1. The largest absolute Gasteiger partial charge is 0.347 e. The smallest absolute Gasteiger partial charge is 0.271 e. The first-order chi connectivity index (χ1) is 13.0. The van der Waals surface area contributed by atoms with Crippen molar-refractivity contribution in [2.24, 2.45) is 10.8 Å². The molecule has 0 aromatic carbocycles. The quantitative estimate of drug-likeness (QED) is 0.833. The van der Waals surface area contributed by atoms with Gasteiger partial charge in [-0.2, -0.15) is 0 Å². The number of nitrogens with zero attached hydrogens (tertiary/aromatic N) is 3. The van der Waals surface area contributed by atoms with E-state index in [1.165, 1.54) is 12.4 Å². The van der Waals surface area contributed by atoms with Gasteiger partial charge in [0.1, 0.15) is 5.69 Å². The monoisotopic (exact) mass is 368 g/mol. The van der Waals surface area contributed by atoms with Crippen molar-refractivity contribution in [3.05, 3.63) is 36.4 Å². The van der Waals surface area contributed by atoms with E-state index in [9.17, 15) is 9.59 Å². The fraction of sp³-hybridized carbons (Fsp3) is 0.619. The number of carbonyl (C=O) groups is 2. The second-order valence-electron chi connectivity index (χ2n) is 8.58. The van der Waals surface area contributed by atoms with Crippen LogP contribution in [0.1, 0.15) is 62.4 Å². The maximum absolute atomic E-state index is 13.0. The number of amides is 2. The molecule has 1 saturated heterocycles. The molecule has 6 heteroatoms. The standard InChI is InChI=1S/C21H28N4O2/c1-20(6-3-2-4-7-20)19(27)25-13-9-21(10-14-25)8-5-17(21)24-18(26)16-15-22-11-12-23-16/h2-3,11-12,15,17H,4-10,13-14H2,1H3,(H,24,26). The van der Waals surface area contributed by atoms with Gasteiger partial charge in [0.05, 0.1) is 11.6 Å². The van der Waals surface area contributed by atoms with Crippen molar-refractivity contribution in [1.29, 1.82) is 0 Å². The van der Waals surface area contributed by atoms with Crippen LogP contribution < -0.4 is 5.32 Å². The summed E-state index contributed by atoms with van der Waals surface area (Å²) in [6.07, 6.45) is 15.8. The first-order valence-electron chi connectivity index (χ1n) is 10.0. The lowest BCUT2D eigenvalue weighted by Crippen LogP contribution is -2.60. The van der Waals surface area contributed by atoms with E-state index in [0.717, 1.165) is 58.0 Å². The molecule has 0 radical (unpaired) electrons. The summed E-state index contributed by atoms with van der Waals surface area (Å²) in [5.41, 5.74) is 0.269. The number of rotatable bonds is 3. The summed E-state index contributed by atoms with van der Waals surface area (Å²) in [6, 6.07) is 0.178. The summed E-state index contributed by atoms with van der Waals surface area (Å²) in [7, 11) is 0. The van der Waals surface area contributed by atoms with Crippen LogP contribution in [0.3, 0.4) is 0 Å². The molecule has 0 bridgehead atoms. The fourth-order valence-electron chi connectivity index (χ4n) is 4.87. The number of hydrogen-bond donors (Lipinski definition) is 1. The molecular formula is C21H28N4O2. The van der Waals surface area contributed by atoms with Crippen molar-refractivity contribution in [2.75, 3.05) is 13.1 Å². The lowest BCUT2D eigenvalue weighted by molar-refractivity contribution is -0.145. The van der Waals surface area contributed by atoms with Crippen molar-refractivity contribution in [3.63, 3.8) is 0 Å². The molecule has 1 aromatic rings. The fourth-order valence-corrected chi connectivity index (χ4v) is 4.87. The Hall–Kier alpha value is -2.24. The highest BCUT2D eigenvalue weighted by Gasteiger charge is 2.50. The van der Waals surface area contributed by atoms with Crippen LogP contribution in [-0.2, 0) is 4.79 Å². The number of carbonyl (C=O) groups excluding carboxylic acids is 2. The maximum atomic E-state index is 13.0. The Labute approximate surface area is 160 Å². The van der Waals surface area contributed by atoms with E-state index in [1.54, 1.807) is 6.20 Å². The minimum Gasteiger partial charge on any atom is -0.347 e. The summed E-state index contributed by atoms with van der Waals surface area (Å²) in [5, 5.41) is 3.15. The molecule has 144 valence electrons. The van der Waals surface area contributed by atoms with Gasteiger partial charge in [-0.05, 0) is 50.4 Å². The topological polar surface area (TPSA) is 75.2 Å². The molecule has 4 rings (SSSR count). The molecule has 1 aliphatic heterocycles. The molecule has 2 aliphatic carbocycles. The van der Waals surface area contributed by atoms with Gasteiger partial charge in [0.2, 0.25) is 5.91 Å². The number of allylic oxidation sites excluding steroid dienone is 2. The molecule has 6 nitrogen and oxygen atoms in total. The van der Waals surface area contributed by atoms with Crippen LogP contribution in [0, 0.1) is 10.8 Å². The molecule has 2 unspecified atom stereocenters. The van der Waals surface area contributed by atoms with Crippen LogP contribution in [0.5, 0.6) is 0 Å².